The highest BCUT2D eigenvalue weighted by atomic mass is 16.6. The number of carbonyl (C=O) groups is 1. The molecular formula is C20H21N3O6. The Balaban J connectivity index is 1.73. The van der Waals surface area contributed by atoms with Gasteiger partial charge in [0.2, 0.25) is 5.91 Å². The first-order chi connectivity index (χ1) is 14.0. The first kappa shape index (κ1) is 20.2. The Morgan fingerprint density at radius 1 is 1.17 bits per heavy atom. The normalized spacial score (nSPS) is 10.9. The predicted octanol–water partition coefficient (Wildman–Crippen LogP) is 3.74. The van der Waals surface area contributed by atoms with Gasteiger partial charge < -0.3 is 18.9 Å². The molecule has 0 aliphatic carbocycles. The van der Waals surface area contributed by atoms with E-state index in [9.17, 15) is 14.9 Å². The Morgan fingerprint density at radius 3 is 2.28 bits per heavy atom. The molecule has 0 radical (unpaired) electrons. The average Bonchev–Trinajstić information content (AvgIpc) is 3.37. The minimum Gasteiger partial charge on any atom is -0.490 e. The van der Waals surface area contributed by atoms with Gasteiger partial charge in [-0.2, -0.15) is 0 Å². The van der Waals surface area contributed by atoms with Crippen molar-refractivity contribution >= 4 is 17.3 Å². The fourth-order valence-corrected chi connectivity index (χ4v) is 2.92. The van der Waals surface area contributed by atoms with Gasteiger partial charge in [0, 0.05) is 17.8 Å². The number of nitrogens with one attached hydrogen (secondary N) is 1. The number of hydrogen-bond acceptors (Lipinski definition) is 7. The molecule has 152 valence electrons. The fourth-order valence-electron chi connectivity index (χ4n) is 2.92. The molecule has 1 aromatic carbocycles. The Kier molecular flexibility index (Phi) is 6.30. The van der Waals surface area contributed by atoms with E-state index in [-0.39, 0.29) is 23.9 Å². The summed E-state index contributed by atoms with van der Waals surface area (Å²) in [5.41, 5.74) is 0.864. The van der Waals surface area contributed by atoms with Crippen LogP contribution < -0.4 is 10.1 Å². The van der Waals surface area contributed by atoms with E-state index in [1.54, 1.807) is 31.6 Å². The summed E-state index contributed by atoms with van der Waals surface area (Å²) in [6.07, 6.45) is 3.15. The zero-order chi connectivity index (χ0) is 20.8. The number of nitro benzene ring substituents is 1. The van der Waals surface area contributed by atoms with Crippen molar-refractivity contribution in [2.45, 2.75) is 20.0 Å². The molecule has 0 unspecified atom stereocenters. The zero-order valence-electron chi connectivity index (χ0n) is 16.1. The SMILES string of the molecule is COc1cc(NC(=O)CN(Cc2ccco2)Cc2ccco2)c(C)cc1[N+](=O)[O-]. The van der Waals surface area contributed by atoms with Crippen molar-refractivity contribution in [2.75, 3.05) is 19.0 Å². The maximum Gasteiger partial charge on any atom is 0.311 e. The quantitative estimate of drug-likeness (QED) is 0.431. The highest BCUT2D eigenvalue weighted by Gasteiger charge is 2.20. The number of aryl methyl sites for hydroxylation is 1. The van der Waals surface area contributed by atoms with Crippen molar-refractivity contribution < 1.29 is 23.3 Å². The second kappa shape index (κ2) is 9.07. The summed E-state index contributed by atoms with van der Waals surface area (Å²) in [6.45, 7) is 2.60. The number of anilines is 1. The molecule has 2 heterocycles. The van der Waals surface area contributed by atoms with Gasteiger partial charge in [0.05, 0.1) is 44.2 Å². The van der Waals surface area contributed by atoms with E-state index >= 15 is 0 Å². The first-order valence-electron chi connectivity index (χ1n) is 8.86. The third-order valence-corrected chi connectivity index (χ3v) is 4.28. The van der Waals surface area contributed by atoms with Gasteiger partial charge in [-0.15, -0.1) is 0 Å². The van der Waals surface area contributed by atoms with Crippen LogP contribution in [0.25, 0.3) is 0 Å². The standard InChI is InChI=1S/C20H21N3O6/c1-14-9-18(23(25)26)19(27-2)10-17(14)21-20(24)13-22(11-15-5-3-7-28-15)12-16-6-4-8-29-16/h3-10H,11-13H2,1-2H3,(H,21,24). The van der Waals surface area contributed by atoms with E-state index in [1.165, 1.54) is 19.2 Å². The summed E-state index contributed by atoms with van der Waals surface area (Å²) in [4.78, 5) is 25.1. The molecule has 0 saturated carbocycles. The number of ether oxygens (including phenoxy) is 1. The summed E-state index contributed by atoms with van der Waals surface area (Å²) in [7, 11) is 1.34. The van der Waals surface area contributed by atoms with Crippen LogP contribution in [0.1, 0.15) is 17.1 Å². The van der Waals surface area contributed by atoms with E-state index in [0.29, 0.717) is 24.3 Å². The van der Waals surface area contributed by atoms with Crippen LogP contribution in [0.2, 0.25) is 0 Å². The maximum absolute atomic E-state index is 12.7. The van der Waals surface area contributed by atoms with Gasteiger partial charge in [0.1, 0.15) is 11.5 Å². The van der Waals surface area contributed by atoms with Crippen LogP contribution in [0, 0.1) is 17.0 Å². The number of furan rings is 2. The van der Waals surface area contributed by atoms with Crippen molar-refractivity contribution in [3.8, 4) is 5.75 Å². The van der Waals surface area contributed by atoms with Crippen molar-refractivity contribution in [3.05, 3.63) is 76.1 Å². The zero-order valence-corrected chi connectivity index (χ0v) is 16.1. The molecule has 0 aliphatic heterocycles. The van der Waals surface area contributed by atoms with Crippen molar-refractivity contribution in [2.24, 2.45) is 0 Å². The van der Waals surface area contributed by atoms with Gasteiger partial charge in [-0.1, -0.05) is 0 Å². The van der Waals surface area contributed by atoms with Crippen molar-refractivity contribution in [1.82, 2.24) is 4.90 Å². The molecule has 0 bridgehead atoms. The number of benzene rings is 1. The van der Waals surface area contributed by atoms with E-state index in [2.05, 4.69) is 5.32 Å². The van der Waals surface area contributed by atoms with Gasteiger partial charge in [-0.3, -0.25) is 19.8 Å². The smallest absolute Gasteiger partial charge is 0.311 e. The number of nitro groups is 1. The minimum absolute atomic E-state index is 0.0696. The van der Waals surface area contributed by atoms with Gasteiger partial charge >= 0.3 is 5.69 Å². The molecule has 3 rings (SSSR count). The van der Waals surface area contributed by atoms with Gasteiger partial charge in [-0.05, 0) is 36.8 Å². The molecule has 29 heavy (non-hydrogen) atoms. The van der Waals surface area contributed by atoms with Crippen molar-refractivity contribution in [1.29, 1.82) is 0 Å². The Labute approximate surface area is 167 Å². The van der Waals surface area contributed by atoms with E-state index < -0.39 is 4.92 Å². The lowest BCUT2D eigenvalue weighted by molar-refractivity contribution is -0.385. The Hall–Kier alpha value is -3.59. The minimum atomic E-state index is -0.522. The van der Waals surface area contributed by atoms with Crippen LogP contribution in [0.4, 0.5) is 11.4 Å². The highest BCUT2D eigenvalue weighted by Crippen LogP contribution is 2.32. The van der Waals surface area contributed by atoms with E-state index in [0.717, 1.165) is 11.5 Å². The molecule has 0 fully saturated rings. The average molecular weight is 399 g/mol. The molecular weight excluding hydrogens is 378 g/mol. The van der Waals surface area contributed by atoms with E-state index in [1.807, 2.05) is 17.0 Å². The fraction of sp³-hybridized carbons (Fsp3) is 0.250. The molecule has 0 atom stereocenters. The highest BCUT2D eigenvalue weighted by molar-refractivity contribution is 5.93. The Morgan fingerprint density at radius 2 is 1.79 bits per heavy atom. The lowest BCUT2D eigenvalue weighted by Crippen LogP contribution is -2.32. The summed E-state index contributed by atoms with van der Waals surface area (Å²) >= 11 is 0. The predicted molar refractivity (Wildman–Crippen MR) is 105 cm³/mol. The largest absolute Gasteiger partial charge is 0.490 e. The number of hydrogen-bond donors (Lipinski definition) is 1. The molecule has 1 amide bonds. The van der Waals surface area contributed by atoms with Crippen LogP contribution in [0.15, 0.2) is 57.8 Å². The number of rotatable bonds is 9. The van der Waals surface area contributed by atoms with E-state index in [4.69, 9.17) is 13.6 Å². The molecule has 9 nitrogen and oxygen atoms in total. The summed E-state index contributed by atoms with van der Waals surface area (Å²) < 4.78 is 15.8. The second-order valence-electron chi connectivity index (χ2n) is 6.45. The third-order valence-electron chi connectivity index (χ3n) is 4.28. The van der Waals surface area contributed by atoms with Crippen LogP contribution in [0.3, 0.4) is 0 Å². The summed E-state index contributed by atoms with van der Waals surface area (Å²) in [6, 6.07) is 10.1. The van der Waals surface area contributed by atoms with Crippen LogP contribution >= 0.6 is 0 Å². The van der Waals surface area contributed by atoms with Gasteiger partial charge in [0.15, 0.2) is 5.75 Å². The summed E-state index contributed by atoms with van der Waals surface area (Å²) in [5, 5.41) is 13.9. The Bertz CT molecular complexity index is 930. The van der Waals surface area contributed by atoms with Crippen molar-refractivity contribution in [3.63, 3.8) is 0 Å². The van der Waals surface area contributed by atoms with Gasteiger partial charge in [-0.25, -0.2) is 0 Å². The van der Waals surface area contributed by atoms with Crippen LogP contribution in [-0.4, -0.2) is 29.4 Å². The molecule has 0 spiro atoms. The first-order valence-corrected chi connectivity index (χ1v) is 8.86. The number of methoxy groups -OCH3 is 1. The molecule has 2 aromatic heterocycles. The van der Waals surface area contributed by atoms with Gasteiger partial charge in [0.25, 0.3) is 0 Å². The molecule has 1 N–H and O–H groups in total. The molecule has 9 heteroatoms. The lowest BCUT2D eigenvalue weighted by Gasteiger charge is -2.20. The monoisotopic (exact) mass is 399 g/mol. The van der Waals surface area contributed by atoms with Crippen LogP contribution in [-0.2, 0) is 17.9 Å². The van der Waals surface area contributed by atoms with Crippen LogP contribution in [0.5, 0.6) is 5.75 Å². The number of carbonyl (C=O) groups excluding carboxylic acids is 1. The lowest BCUT2D eigenvalue weighted by atomic mass is 10.1. The number of amides is 1. The topological polar surface area (TPSA) is 111 Å². The molecule has 0 aliphatic rings. The third kappa shape index (κ3) is 5.23. The molecule has 0 saturated heterocycles. The summed E-state index contributed by atoms with van der Waals surface area (Å²) in [5.74, 6) is 1.25. The second-order valence-corrected chi connectivity index (χ2v) is 6.45. The number of nitrogens with zero attached hydrogens (tertiary/aromatic N) is 2. The molecule has 3 aromatic rings. The maximum atomic E-state index is 12.7.